The van der Waals surface area contributed by atoms with Gasteiger partial charge in [0.15, 0.2) is 0 Å². The molecular weight excluding hydrogens is 332 g/mol. The van der Waals surface area contributed by atoms with Crippen molar-refractivity contribution in [2.24, 2.45) is 0 Å². The third-order valence-electron chi connectivity index (χ3n) is 2.94. The number of rotatable bonds is 7. The number of hydrogen-bond acceptors (Lipinski definition) is 4. The molecule has 1 aromatic carbocycles. The zero-order chi connectivity index (χ0) is 15.1. The lowest BCUT2D eigenvalue weighted by Gasteiger charge is -2.12. The fourth-order valence-corrected chi connectivity index (χ4v) is 2.41. The van der Waals surface area contributed by atoms with Crippen LogP contribution < -0.4 is 10.1 Å². The number of aryl methyl sites for hydroxylation is 1. The summed E-state index contributed by atoms with van der Waals surface area (Å²) >= 11 is 3.52. The number of nitrogens with zero attached hydrogens (tertiary/aromatic N) is 1. The Hall–Kier alpha value is -1.43. The fourth-order valence-electron chi connectivity index (χ4n) is 1.84. The van der Waals surface area contributed by atoms with E-state index in [1.54, 1.807) is 13.3 Å². The number of aromatic nitrogens is 1. The molecule has 2 rings (SSSR count). The second kappa shape index (κ2) is 8.12. The van der Waals surface area contributed by atoms with Crippen LogP contribution in [-0.4, -0.2) is 25.2 Å². The fraction of sp³-hybridized carbons (Fsp3) is 0.312. The molecule has 0 unspecified atom stereocenters. The van der Waals surface area contributed by atoms with Gasteiger partial charge >= 0.3 is 0 Å². The van der Waals surface area contributed by atoms with Crippen molar-refractivity contribution in [1.82, 2.24) is 10.3 Å². The molecular formula is C16H19BrN2O2. The number of benzene rings is 1. The minimum atomic E-state index is 0.618. The van der Waals surface area contributed by atoms with Crippen molar-refractivity contribution in [3.8, 4) is 11.6 Å². The van der Waals surface area contributed by atoms with Crippen LogP contribution in [0.3, 0.4) is 0 Å². The maximum Gasteiger partial charge on any atom is 0.223 e. The Morgan fingerprint density at radius 1 is 1.29 bits per heavy atom. The van der Waals surface area contributed by atoms with Crippen molar-refractivity contribution >= 4 is 15.9 Å². The third-order valence-corrected chi connectivity index (χ3v) is 3.56. The molecule has 0 amide bonds. The SMILES string of the molecule is COCCNCc1cccnc1Oc1ccc(C)cc1Br. The standard InChI is InChI=1S/C16H19BrN2O2/c1-12-5-6-15(14(17)10-12)21-16-13(4-3-7-19-16)11-18-8-9-20-2/h3-7,10,18H,8-9,11H2,1-2H3. The highest BCUT2D eigenvalue weighted by Crippen LogP contribution is 2.30. The van der Waals surface area contributed by atoms with Crippen LogP contribution in [0.25, 0.3) is 0 Å². The van der Waals surface area contributed by atoms with E-state index in [9.17, 15) is 0 Å². The molecule has 0 spiro atoms. The van der Waals surface area contributed by atoms with Crippen LogP contribution in [0.2, 0.25) is 0 Å². The zero-order valence-corrected chi connectivity index (χ0v) is 13.8. The Labute approximate surface area is 133 Å². The molecule has 112 valence electrons. The highest BCUT2D eigenvalue weighted by molar-refractivity contribution is 9.10. The quantitative estimate of drug-likeness (QED) is 0.773. The summed E-state index contributed by atoms with van der Waals surface area (Å²) in [6, 6.07) is 9.89. The highest BCUT2D eigenvalue weighted by atomic mass is 79.9. The monoisotopic (exact) mass is 350 g/mol. The summed E-state index contributed by atoms with van der Waals surface area (Å²) in [6.07, 6.45) is 1.73. The van der Waals surface area contributed by atoms with Gasteiger partial charge in [0, 0.05) is 32.0 Å². The van der Waals surface area contributed by atoms with E-state index in [1.165, 1.54) is 5.56 Å². The second-order valence-corrected chi connectivity index (χ2v) is 5.53. The van der Waals surface area contributed by atoms with Gasteiger partial charge in [-0.15, -0.1) is 0 Å². The molecule has 0 saturated carbocycles. The van der Waals surface area contributed by atoms with E-state index in [-0.39, 0.29) is 0 Å². The summed E-state index contributed by atoms with van der Waals surface area (Å²) in [5, 5.41) is 3.30. The van der Waals surface area contributed by atoms with Crippen molar-refractivity contribution < 1.29 is 9.47 Å². The molecule has 0 aliphatic rings. The van der Waals surface area contributed by atoms with Crippen molar-refractivity contribution in [3.63, 3.8) is 0 Å². The van der Waals surface area contributed by atoms with Gasteiger partial charge in [0.05, 0.1) is 11.1 Å². The molecule has 0 radical (unpaired) electrons. The molecule has 21 heavy (non-hydrogen) atoms. The van der Waals surface area contributed by atoms with Gasteiger partial charge < -0.3 is 14.8 Å². The first-order valence-corrected chi connectivity index (χ1v) is 7.57. The number of pyridine rings is 1. The van der Waals surface area contributed by atoms with Gasteiger partial charge in [-0.2, -0.15) is 0 Å². The first-order valence-electron chi connectivity index (χ1n) is 6.78. The summed E-state index contributed by atoms with van der Waals surface area (Å²) in [4.78, 5) is 4.32. The first kappa shape index (κ1) is 15.9. The molecule has 0 atom stereocenters. The normalized spacial score (nSPS) is 10.6. The van der Waals surface area contributed by atoms with Gasteiger partial charge in [-0.1, -0.05) is 12.1 Å². The van der Waals surface area contributed by atoms with Crippen molar-refractivity contribution in [1.29, 1.82) is 0 Å². The van der Waals surface area contributed by atoms with E-state index in [1.807, 2.05) is 37.3 Å². The highest BCUT2D eigenvalue weighted by Gasteiger charge is 2.08. The topological polar surface area (TPSA) is 43.4 Å². The third kappa shape index (κ3) is 4.81. The predicted molar refractivity (Wildman–Crippen MR) is 86.8 cm³/mol. The Morgan fingerprint density at radius 2 is 2.14 bits per heavy atom. The molecule has 4 nitrogen and oxygen atoms in total. The largest absolute Gasteiger partial charge is 0.438 e. The minimum Gasteiger partial charge on any atom is -0.438 e. The number of methoxy groups -OCH3 is 1. The predicted octanol–water partition coefficient (Wildman–Crippen LogP) is 3.68. The van der Waals surface area contributed by atoms with Gasteiger partial charge in [-0.3, -0.25) is 0 Å². The van der Waals surface area contributed by atoms with Crippen LogP contribution in [0.15, 0.2) is 41.0 Å². The van der Waals surface area contributed by atoms with Crippen molar-refractivity contribution in [2.45, 2.75) is 13.5 Å². The lowest BCUT2D eigenvalue weighted by atomic mass is 10.2. The Balaban J connectivity index is 2.08. The molecule has 1 heterocycles. The number of hydrogen-bond donors (Lipinski definition) is 1. The van der Waals surface area contributed by atoms with Crippen LogP contribution in [0.4, 0.5) is 0 Å². The average Bonchev–Trinajstić information content (AvgIpc) is 2.48. The molecule has 0 fully saturated rings. The molecule has 0 aliphatic carbocycles. The maximum atomic E-state index is 5.92. The Kier molecular flexibility index (Phi) is 6.17. The zero-order valence-electron chi connectivity index (χ0n) is 12.2. The summed E-state index contributed by atoms with van der Waals surface area (Å²) < 4.78 is 11.9. The van der Waals surface area contributed by atoms with Crippen molar-refractivity contribution in [2.75, 3.05) is 20.3 Å². The van der Waals surface area contributed by atoms with Crippen molar-refractivity contribution in [3.05, 3.63) is 52.1 Å². The van der Waals surface area contributed by atoms with Crippen LogP contribution in [0.5, 0.6) is 11.6 Å². The second-order valence-electron chi connectivity index (χ2n) is 4.67. The average molecular weight is 351 g/mol. The van der Waals surface area contributed by atoms with E-state index in [4.69, 9.17) is 9.47 Å². The summed E-state index contributed by atoms with van der Waals surface area (Å²) in [6.45, 7) is 4.20. The summed E-state index contributed by atoms with van der Waals surface area (Å²) in [5.41, 5.74) is 2.19. The molecule has 2 aromatic rings. The van der Waals surface area contributed by atoms with Crippen LogP contribution in [0, 0.1) is 6.92 Å². The van der Waals surface area contributed by atoms with E-state index >= 15 is 0 Å². The van der Waals surface area contributed by atoms with Crippen LogP contribution in [0.1, 0.15) is 11.1 Å². The van der Waals surface area contributed by atoms with E-state index < -0.39 is 0 Å². The lowest BCUT2D eigenvalue weighted by molar-refractivity contribution is 0.199. The van der Waals surface area contributed by atoms with Gasteiger partial charge in [0.25, 0.3) is 0 Å². The smallest absolute Gasteiger partial charge is 0.223 e. The first-order chi connectivity index (χ1) is 10.2. The molecule has 0 aliphatic heterocycles. The summed E-state index contributed by atoms with van der Waals surface area (Å²) in [5.74, 6) is 1.38. The van der Waals surface area contributed by atoms with Gasteiger partial charge in [0.1, 0.15) is 5.75 Å². The van der Waals surface area contributed by atoms with E-state index in [2.05, 4.69) is 26.2 Å². The maximum absolute atomic E-state index is 5.92. The molecule has 0 saturated heterocycles. The minimum absolute atomic E-state index is 0.618. The van der Waals surface area contributed by atoms with E-state index in [0.717, 1.165) is 22.3 Å². The number of nitrogens with one attached hydrogen (secondary N) is 1. The van der Waals surface area contributed by atoms with Crippen LogP contribution in [-0.2, 0) is 11.3 Å². The molecule has 5 heteroatoms. The van der Waals surface area contributed by atoms with Gasteiger partial charge in [-0.25, -0.2) is 4.98 Å². The summed E-state index contributed by atoms with van der Waals surface area (Å²) in [7, 11) is 1.69. The lowest BCUT2D eigenvalue weighted by Crippen LogP contribution is -2.19. The van der Waals surface area contributed by atoms with E-state index in [0.29, 0.717) is 19.0 Å². The molecule has 1 N–H and O–H groups in total. The number of ether oxygens (including phenoxy) is 2. The Bertz CT molecular complexity index is 590. The Morgan fingerprint density at radius 3 is 2.90 bits per heavy atom. The van der Waals surface area contributed by atoms with Crippen LogP contribution >= 0.6 is 15.9 Å². The molecule has 0 bridgehead atoms. The molecule has 1 aromatic heterocycles. The van der Waals surface area contributed by atoms with Gasteiger partial charge in [-0.05, 0) is 46.6 Å². The number of halogens is 1. The van der Waals surface area contributed by atoms with Gasteiger partial charge in [0.2, 0.25) is 5.88 Å².